The van der Waals surface area contributed by atoms with E-state index in [-0.39, 0.29) is 31.1 Å². The summed E-state index contributed by atoms with van der Waals surface area (Å²) < 4.78 is 16.8. The zero-order valence-corrected chi connectivity index (χ0v) is 48.5. The smallest absolute Gasteiger partial charge is 0.306 e. The minimum absolute atomic E-state index is 0.0724. The Morgan fingerprint density at radius 1 is 0.292 bits per heavy atom. The highest BCUT2D eigenvalue weighted by atomic mass is 16.6. The second-order valence-corrected chi connectivity index (χ2v) is 21.7. The minimum Gasteiger partial charge on any atom is -0.462 e. The van der Waals surface area contributed by atoms with Crippen molar-refractivity contribution in [2.24, 2.45) is 0 Å². The first kappa shape index (κ1) is 69.6. The van der Waals surface area contributed by atoms with Gasteiger partial charge in [-0.1, -0.05) is 314 Å². The molecular formula is C66H122O6. The summed E-state index contributed by atoms with van der Waals surface area (Å²) in [5, 5.41) is 0. The van der Waals surface area contributed by atoms with E-state index in [4.69, 9.17) is 14.2 Å². The monoisotopic (exact) mass is 1010 g/mol. The Morgan fingerprint density at radius 3 is 0.847 bits per heavy atom. The molecule has 0 aliphatic rings. The van der Waals surface area contributed by atoms with Crippen LogP contribution in [0.4, 0.5) is 0 Å². The molecule has 0 aliphatic heterocycles. The summed E-state index contributed by atoms with van der Waals surface area (Å²) in [4.78, 5) is 37.9. The van der Waals surface area contributed by atoms with E-state index in [9.17, 15) is 14.4 Å². The lowest BCUT2D eigenvalue weighted by Gasteiger charge is -2.18. The van der Waals surface area contributed by atoms with Crippen molar-refractivity contribution in [2.45, 2.75) is 354 Å². The van der Waals surface area contributed by atoms with Crippen LogP contribution in [0.15, 0.2) is 36.5 Å². The maximum Gasteiger partial charge on any atom is 0.306 e. The summed E-state index contributed by atoms with van der Waals surface area (Å²) >= 11 is 0. The van der Waals surface area contributed by atoms with Crippen molar-refractivity contribution in [2.75, 3.05) is 13.2 Å². The molecule has 0 saturated carbocycles. The van der Waals surface area contributed by atoms with Crippen LogP contribution >= 0.6 is 0 Å². The topological polar surface area (TPSA) is 78.9 Å². The van der Waals surface area contributed by atoms with Gasteiger partial charge in [-0.2, -0.15) is 0 Å². The fourth-order valence-electron chi connectivity index (χ4n) is 9.64. The number of ether oxygens (including phenoxy) is 3. The van der Waals surface area contributed by atoms with Crippen LogP contribution in [0.3, 0.4) is 0 Å². The van der Waals surface area contributed by atoms with Crippen molar-refractivity contribution in [3.63, 3.8) is 0 Å². The maximum absolute atomic E-state index is 12.8. The lowest BCUT2D eigenvalue weighted by molar-refractivity contribution is -0.167. The van der Waals surface area contributed by atoms with Crippen molar-refractivity contribution < 1.29 is 28.6 Å². The third-order valence-electron chi connectivity index (χ3n) is 14.4. The first-order valence-electron chi connectivity index (χ1n) is 32.0. The van der Waals surface area contributed by atoms with Crippen molar-refractivity contribution in [1.82, 2.24) is 0 Å². The molecule has 422 valence electrons. The van der Waals surface area contributed by atoms with Crippen molar-refractivity contribution in [3.8, 4) is 0 Å². The number of hydrogen-bond donors (Lipinski definition) is 0. The molecule has 0 aromatic heterocycles. The second kappa shape index (κ2) is 61.2. The quantitative estimate of drug-likeness (QED) is 0.0261. The summed E-state index contributed by atoms with van der Waals surface area (Å²) in [7, 11) is 0. The molecule has 0 saturated heterocycles. The standard InChI is InChI=1S/C66H122O6/c1-4-7-10-13-16-18-20-22-24-26-27-28-29-30-31-32-33-34-35-36-37-38-39-41-42-44-46-48-50-53-56-59-65(68)71-62-63(61-70-64(67)58-55-52-15-12-9-6-3)72-66(69)60-57-54-51-49-47-45-43-40-25-23-21-19-17-14-11-8-5-2/h8,11,17,19,23,25,63H,4-7,9-10,12-16,18,20-22,24,26-62H2,1-3H3/b11-8-,19-17-,25-23-. The van der Waals surface area contributed by atoms with E-state index in [0.29, 0.717) is 19.3 Å². The normalized spacial score (nSPS) is 12.2. The number of unbranched alkanes of at least 4 members (excludes halogenated alkanes) is 42. The van der Waals surface area contributed by atoms with E-state index in [1.165, 1.54) is 225 Å². The van der Waals surface area contributed by atoms with Crippen LogP contribution in [0.5, 0.6) is 0 Å². The molecular weight excluding hydrogens is 889 g/mol. The predicted octanol–water partition coefficient (Wildman–Crippen LogP) is 21.6. The second-order valence-electron chi connectivity index (χ2n) is 21.7. The van der Waals surface area contributed by atoms with Crippen LogP contribution in [-0.4, -0.2) is 37.2 Å². The first-order chi connectivity index (χ1) is 35.5. The van der Waals surface area contributed by atoms with E-state index in [1.54, 1.807) is 0 Å². The maximum atomic E-state index is 12.8. The van der Waals surface area contributed by atoms with Crippen molar-refractivity contribution >= 4 is 17.9 Å². The Bertz CT molecular complexity index is 1210. The number of rotatable bonds is 59. The van der Waals surface area contributed by atoms with E-state index >= 15 is 0 Å². The molecule has 0 amide bonds. The molecule has 0 aromatic carbocycles. The van der Waals surface area contributed by atoms with Gasteiger partial charge in [-0.15, -0.1) is 0 Å². The van der Waals surface area contributed by atoms with Gasteiger partial charge < -0.3 is 14.2 Å². The fraction of sp³-hybridized carbons (Fsp3) is 0.864. The number of hydrogen-bond acceptors (Lipinski definition) is 6. The molecule has 0 radical (unpaired) electrons. The summed E-state index contributed by atoms with van der Waals surface area (Å²) in [5.41, 5.74) is 0. The Kier molecular flexibility index (Phi) is 59.2. The van der Waals surface area contributed by atoms with Gasteiger partial charge in [-0.25, -0.2) is 0 Å². The molecule has 1 atom stereocenters. The molecule has 6 heteroatoms. The lowest BCUT2D eigenvalue weighted by Crippen LogP contribution is -2.30. The number of esters is 3. The average Bonchev–Trinajstić information content (AvgIpc) is 3.38. The highest BCUT2D eigenvalue weighted by Crippen LogP contribution is 2.18. The molecule has 0 fully saturated rings. The van der Waals surface area contributed by atoms with Gasteiger partial charge >= 0.3 is 17.9 Å². The Balaban J connectivity index is 3.95. The number of carbonyl (C=O) groups excluding carboxylic acids is 3. The van der Waals surface area contributed by atoms with Crippen molar-refractivity contribution in [1.29, 1.82) is 0 Å². The molecule has 0 N–H and O–H groups in total. The van der Waals surface area contributed by atoms with Crippen molar-refractivity contribution in [3.05, 3.63) is 36.5 Å². The molecule has 0 aromatic rings. The molecule has 6 nitrogen and oxygen atoms in total. The molecule has 0 aliphatic carbocycles. The zero-order valence-electron chi connectivity index (χ0n) is 48.5. The Labute approximate surface area is 448 Å². The van der Waals surface area contributed by atoms with Gasteiger partial charge in [-0.05, 0) is 51.4 Å². The lowest BCUT2D eigenvalue weighted by atomic mass is 10.0. The van der Waals surface area contributed by atoms with Gasteiger partial charge in [0.1, 0.15) is 13.2 Å². The van der Waals surface area contributed by atoms with Crippen LogP contribution in [0, 0.1) is 0 Å². The SMILES string of the molecule is CC/C=C\C/C=C\C/C=C\CCCCCCCCCC(=O)OC(COC(=O)CCCCCCCC)COC(=O)CCCCCCCCCCCCCCCCCCCCCCCCCCCCCCCCC. The minimum atomic E-state index is -0.772. The van der Waals surface area contributed by atoms with Crippen LogP contribution in [0.1, 0.15) is 348 Å². The van der Waals surface area contributed by atoms with Crippen LogP contribution in [0.25, 0.3) is 0 Å². The van der Waals surface area contributed by atoms with E-state index in [0.717, 1.165) is 83.5 Å². The van der Waals surface area contributed by atoms with Crippen LogP contribution in [-0.2, 0) is 28.6 Å². The largest absolute Gasteiger partial charge is 0.462 e. The fourth-order valence-corrected chi connectivity index (χ4v) is 9.64. The van der Waals surface area contributed by atoms with Gasteiger partial charge in [-0.3, -0.25) is 14.4 Å². The molecule has 0 bridgehead atoms. The highest BCUT2D eigenvalue weighted by Gasteiger charge is 2.19. The van der Waals surface area contributed by atoms with Crippen LogP contribution in [0.2, 0.25) is 0 Å². The predicted molar refractivity (Wildman–Crippen MR) is 312 cm³/mol. The van der Waals surface area contributed by atoms with Gasteiger partial charge in [0.25, 0.3) is 0 Å². The molecule has 72 heavy (non-hydrogen) atoms. The third kappa shape index (κ3) is 58.5. The van der Waals surface area contributed by atoms with Crippen LogP contribution < -0.4 is 0 Å². The Morgan fingerprint density at radius 2 is 0.542 bits per heavy atom. The Hall–Kier alpha value is -2.37. The number of carbonyl (C=O) groups is 3. The van der Waals surface area contributed by atoms with Gasteiger partial charge in [0.2, 0.25) is 0 Å². The van der Waals surface area contributed by atoms with E-state index < -0.39 is 6.10 Å². The first-order valence-corrected chi connectivity index (χ1v) is 32.0. The molecule has 1 unspecified atom stereocenters. The van der Waals surface area contributed by atoms with Gasteiger partial charge in [0.15, 0.2) is 6.10 Å². The summed E-state index contributed by atoms with van der Waals surface area (Å²) in [6.45, 7) is 6.51. The molecule has 0 spiro atoms. The van der Waals surface area contributed by atoms with E-state index in [2.05, 4.69) is 57.2 Å². The van der Waals surface area contributed by atoms with E-state index in [1.807, 2.05) is 0 Å². The molecule has 0 rings (SSSR count). The molecule has 0 heterocycles. The van der Waals surface area contributed by atoms with Gasteiger partial charge in [0, 0.05) is 19.3 Å². The average molecular weight is 1010 g/mol. The number of allylic oxidation sites excluding steroid dienone is 6. The van der Waals surface area contributed by atoms with Gasteiger partial charge in [0.05, 0.1) is 0 Å². The zero-order chi connectivity index (χ0) is 52.2. The summed E-state index contributed by atoms with van der Waals surface area (Å²) in [5.74, 6) is -0.874. The third-order valence-corrected chi connectivity index (χ3v) is 14.4. The summed E-state index contributed by atoms with van der Waals surface area (Å²) in [6, 6.07) is 0. The highest BCUT2D eigenvalue weighted by molar-refractivity contribution is 5.71. The summed E-state index contributed by atoms with van der Waals surface area (Å²) in [6.07, 6.45) is 75.0.